The second-order valence-electron chi connectivity index (χ2n) is 6.61. The molecule has 1 aromatic heterocycles. The van der Waals surface area contributed by atoms with Crippen LogP contribution in [0.25, 0.3) is 0 Å². The summed E-state index contributed by atoms with van der Waals surface area (Å²) in [5, 5.41) is 11.9. The molecule has 1 N–H and O–H groups in total. The maximum atomic E-state index is 13.3. The van der Waals surface area contributed by atoms with E-state index in [1.54, 1.807) is 36.8 Å². The van der Waals surface area contributed by atoms with Crippen molar-refractivity contribution in [1.29, 1.82) is 0 Å². The van der Waals surface area contributed by atoms with Crippen LogP contribution in [0.5, 0.6) is 11.5 Å². The van der Waals surface area contributed by atoms with Crippen LogP contribution in [0.4, 0.5) is 10.1 Å². The van der Waals surface area contributed by atoms with Crippen molar-refractivity contribution < 1.29 is 18.7 Å². The summed E-state index contributed by atoms with van der Waals surface area (Å²) in [7, 11) is 1.54. The molecule has 1 unspecified atom stereocenters. The van der Waals surface area contributed by atoms with E-state index in [2.05, 4.69) is 22.1 Å². The second-order valence-corrected chi connectivity index (χ2v) is 7.96. The zero-order valence-electron chi connectivity index (χ0n) is 17.5. The van der Waals surface area contributed by atoms with Gasteiger partial charge in [-0.05, 0) is 37.3 Å². The van der Waals surface area contributed by atoms with Crippen LogP contribution >= 0.6 is 23.4 Å². The minimum Gasteiger partial charge on any atom is -0.495 e. The van der Waals surface area contributed by atoms with Gasteiger partial charge in [-0.15, -0.1) is 16.8 Å². The molecule has 1 atom stereocenters. The van der Waals surface area contributed by atoms with Crippen molar-refractivity contribution in [2.45, 2.75) is 24.7 Å². The number of hydrogen-bond acceptors (Lipinski definition) is 6. The molecule has 0 aliphatic heterocycles. The summed E-state index contributed by atoms with van der Waals surface area (Å²) in [4.78, 5) is 12.4. The third-order valence-corrected chi connectivity index (χ3v) is 5.59. The molecule has 3 rings (SSSR count). The van der Waals surface area contributed by atoms with E-state index in [1.165, 1.54) is 30.0 Å². The molecule has 1 heterocycles. The molecular weight excluding hydrogens is 455 g/mol. The van der Waals surface area contributed by atoms with Crippen LogP contribution in [-0.4, -0.2) is 33.5 Å². The Morgan fingerprint density at radius 3 is 2.81 bits per heavy atom. The first-order valence-corrected chi connectivity index (χ1v) is 11.0. The van der Waals surface area contributed by atoms with Gasteiger partial charge < -0.3 is 14.8 Å². The third kappa shape index (κ3) is 5.80. The Kier molecular flexibility index (Phi) is 8.13. The average molecular weight is 477 g/mol. The summed E-state index contributed by atoms with van der Waals surface area (Å²) in [6, 6.07) is 11.1. The van der Waals surface area contributed by atoms with Gasteiger partial charge in [0.25, 0.3) is 0 Å². The fourth-order valence-corrected chi connectivity index (χ4v) is 3.85. The van der Waals surface area contributed by atoms with E-state index in [-0.39, 0.29) is 16.7 Å². The van der Waals surface area contributed by atoms with E-state index in [0.717, 1.165) is 0 Å². The van der Waals surface area contributed by atoms with Gasteiger partial charge in [0.1, 0.15) is 17.3 Å². The molecule has 3 aromatic rings. The summed E-state index contributed by atoms with van der Waals surface area (Å²) in [5.41, 5.74) is 0.590. The molecule has 32 heavy (non-hydrogen) atoms. The lowest BCUT2D eigenvalue weighted by molar-refractivity contribution is -0.113. The predicted octanol–water partition coefficient (Wildman–Crippen LogP) is 5.14. The number of nitrogens with zero attached hydrogens (tertiary/aromatic N) is 3. The molecule has 2 aromatic carbocycles. The second kappa shape index (κ2) is 11.0. The molecular formula is C22H22ClFN4O3S. The molecule has 0 fully saturated rings. The molecule has 0 aliphatic rings. The Bertz CT molecular complexity index is 1110. The van der Waals surface area contributed by atoms with Crippen molar-refractivity contribution in [3.63, 3.8) is 0 Å². The fourth-order valence-electron chi connectivity index (χ4n) is 2.89. The van der Waals surface area contributed by atoms with Gasteiger partial charge in [0.2, 0.25) is 5.91 Å². The summed E-state index contributed by atoms with van der Waals surface area (Å²) in [5.74, 6) is 0.892. The number of amides is 1. The number of hydrogen-bond donors (Lipinski definition) is 1. The first kappa shape index (κ1) is 23.6. The van der Waals surface area contributed by atoms with E-state index in [4.69, 9.17) is 21.1 Å². The Morgan fingerprint density at radius 1 is 1.31 bits per heavy atom. The van der Waals surface area contributed by atoms with Gasteiger partial charge in [-0.2, -0.15) is 0 Å². The summed E-state index contributed by atoms with van der Waals surface area (Å²) >= 11 is 7.29. The number of carbonyl (C=O) groups excluding carboxylic acids is 1. The van der Waals surface area contributed by atoms with Crippen molar-refractivity contribution in [3.8, 4) is 11.5 Å². The number of aromatic nitrogens is 3. The highest BCUT2D eigenvalue weighted by atomic mass is 35.5. The van der Waals surface area contributed by atoms with Crippen LogP contribution in [0.1, 0.15) is 18.9 Å². The number of methoxy groups -OCH3 is 1. The minimum atomic E-state index is -0.526. The fraction of sp³-hybridized carbons (Fsp3) is 0.227. The van der Waals surface area contributed by atoms with Gasteiger partial charge in [-0.1, -0.05) is 41.6 Å². The molecule has 0 bridgehead atoms. The number of carbonyl (C=O) groups is 1. The standard InChI is InChI=1S/C22H22ClFN4O3S/c1-4-11-28-21(14(2)31-18-10-9-15(24)12-16(18)23)26-27-22(28)32-13-20(29)25-17-7-5-6-8-19(17)30-3/h4-10,12,14H,1,11,13H2,2-3H3,(H,25,29). The van der Waals surface area contributed by atoms with E-state index >= 15 is 0 Å². The van der Waals surface area contributed by atoms with Gasteiger partial charge >= 0.3 is 0 Å². The topological polar surface area (TPSA) is 78.3 Å². The number of ether oxygens (including phenoxy) is 2. The maximum absolute atomic E-state index is 13.3. The molecule has 0 aliphatic carbocycles. The highest BCUT2D eigenvalue weighted by molar-refractivity contribution is 7.99. The number of allylic oxidation sites excluding steroid dienone is 1. The minimum absolute atomic E-state index is 0.117. The highest BCUT2D eigenvalue weighted by Gasteiger charge is 2.21. The molecule has 0 spiro atoms. The van der Waals surface area contributed by atoms with Gasteiger partial charge in [0.15, 0.2) is 17.1 Å². The quantitative estimate of drug-likeness (QED) is 0.322. The first-order chi connectivity index (χ1) is 15.4. The number of para-hydroxylation sites is 2. The van der Waals surface area contributed by atoms with Gasteiger partial charge in [0.05, 0.1) is 23.6 Å². The number of rotatable bonds is 10. The van der Waals surface area contributed by atoms with Gasteiger partial charge in [-0.25, -0.2) is 4.39 Å². The number of benzene rings is 2. The smallest absolute Gasteiger partial charge is 0.234 e. The Labute approximate surface area is 194 Å². The zero-order valence-corrected chi connectivity index (χ0v) is 19.1. The summed E-state index contributed by atoms with van der Waals surface area (Å²) in [6.45, 7) is 5.98. The largest absolute Gasteiger partial charge is 0.495 e. The third-order valence-electron chi connectivity index (χ3n) is 4.33. The molecule has 10 heteroatoms. The predicted molar refractivity (Wildman–Crippen MR) is 123 cm³/mol. The Balaban J connectivity index is 1.69. The molecule has 7 nitrogen and oxygen atoms in total. The van der Waals surface area contributed by atoms with Crippen LogP contribution in [0.2, 0.25) is 5.02 Å². The average Bonchev–Trinajstić information content (AvgIpc) is 3.17. The molecule has 0 radical (unpaired) electrons. The van der Waals surface area contributed by atoms with Crippen LogP contribution in [0.15, 0.2) is 60.3 Å². The van der Waals surface area contributed by atoms with E-state index in [1.807, 2.05) is 12.1 Å². The molecule has 168 valence electrons. The molecule has 0 saturated carbocycles. The van der Waals surface area contributed by atoms with Crippen molar-refractivity contribution in [2.24, 2.45) is 0 Å². The maximum Gasteiger partial charge on any atom is 0.234 e. The van der Waals surface area contributed by atoms with Crippen molar-refractivity contribution in [1.82, 2.24) is 14.8 Å². The van der Waals surface area contributed by atoms with Gasteiger partial charge in [0, 0.05) is 6.54 Å². The van der Waals surface area contributed by atoms with E-state index in [9.17, 15) is 9.18 Å². The molecule has 0 saturated heterocycles. The molecule has 1 amide bonds. The number of nitrogens with one attached hydrogen (secondary N) is 1. The zero-order chi connectivity index (χ0) is 23.1. The van der Waals surface area contributed by atoms with Crippen LogP contribution in [0.3, 0.4) is 0 Å². The number of halogens is 2. The highest BCUT2D eigenvalue weighted by Crippen LogP contribution is 2.30. The van der Waals surface area contributed by atoms with Crippen molar-refractivity contribution in [2.75, 3.05) is 18.2 Å². The lowest BCUT2D eigenvalue weighted by Crippen LogP contribution is -2.16. The van der Waals surface area contributed by atoms with Crippen molar-refractivity contribution >= 4 is 35.0 Å². The lowest BCUT2D eigenvalue weighted by Gasteiger charge is -2.16. The monoisotopic (exact) mass is 476 g/mol. The van der Waals surface area contributed by atoms with E-state index in [0.29, 0.717) is 34.7 Å². The number of thioether (sulfide) groups is 1. The van der Waals surface area contributed by atoms with Crippen LogP contribution < -0.4 is 14.8 Å². The van der Waals surface area contributed by atoms with Crippen molar-refractivity contribution in [3.05, 3.63) is 71.8 Å². The Morgan fingerprint density at radius 2 is 2.09 bits per heavy atom. The summed E-state index contributed by atoms with van der Waals surface area (Å²) in [6.07, 6.45) is 1.17. The van der Waals surface area contributed by atoms with Crippen LogP contribution in [0, 0.1) is 5.82 Å². The number of anilines is 1. The summed E-state index contributed by atoms with van der Waals surface area (Å²) < 4.78 is 26.2. The normalized spacial score (nSPS) is 11.6. The lowest BCUT2D eigenvalue weighted by atomic mass is 10.3. The SMILES string of the molecule is C=CCn1c(SCC(=O)Nc2ccccc2OC)nnc1C(C)Oc1ccc(F)cc1Cl. The van der Waals surface area contributed by atoms with Crippen LogP contribution in [-0.2, 0) is 11.3 Å². The first-order valence-electron chi connectivity index (χ1n) is 9.64. The van der Waals surface area contributed by atoms with Gasteiger partial charge in [-0.3, -0.25) is 9.36 Å². The van der Waals surface area contributed by atoms with E-state index < -0.39 is 11.9 Å². The Hall–Kier alpha value is -3.04.